The lowest BCUT2D eigenvalue weighted by molar-refractivity contribution is -0.109. The molecule has 0 aromatic rings. The summed E-state index contributed by atoms with van der Waals surface area (Å²) in [6.07, 6.45) is 53.6. The lowest BCUT2D eigenvalue weighted by Gasteiger charge is -2.09. The van der Waals surface area contributed by atoms with Gasteiger partial charge in [-0.3, -0.25) is 4.79 Å². The van der Waals surface area contributed by atoms with Gasteiger partial charge in [-0.15, -0.1) is 0 Å². The van der Waals surface area contributed by atoms with E-state index in [1.54, 1.807) is 6.08 Å². The van der Waals surface area contributed by atoms with Crippen molar-refractivity contribution in [3.8, 4) is 0 Å². The first-order chi connectivity index (χ1) is 46.5. The fraction of sp³-hybridized carbons (Fsp3) is 0.700. The van der Waals surface area contributed by atoms with E-state index in [9.17, 15) is 14.4 Å². The Labute approximate surface area is 616 Å². The molecule has 0 heterocycles. The van der Waals surface area contributed by atoms with Crippen LogP contribution in [0.3, 0.4) is 0 Å². The first kappa shape index (κ1) is 113. The van der Waals surface area contributed by atoms with Gasteiger partial charge in [-0.25, -0.2) is 0 Å². The molecule has 0 saturated carbocycles. The highest BCUT2D eigenvalue weighted by molar-refractivity contribution is 5.65. The van der Waals surface area contributed by atoms with Gasteiger partial charge >= 0.3 is 0 Å². The minimum Gasteiger partial charge on any atom is -0.396 e. The van der Waals surface area contributed by atoms with Crippen LogP contribution in [-0.2, 0) is 14.4 Å². The molecule has 0 bridgehead atoms. The van der Waals surface area contributed by atoms with E-state index in [2.05, 4.69) is 235 Å². The van der Waals surface area contributed by atoms with Crippen LogP contribution in [0.4, 0.5) is 0 Å². The summed E-state index contributed by atoms with van der Waals surface area (Å²) in [5, 5.41) is 51.6. The molecular weight excluding hydrogens is 1220 g/mol. The Morgan fingerprint density at radius 2 is 0.545 bits per heavy atom. The monoisotopic (exact) mass is 1390 g/mol. The molecule has 0 fully saturated rings. The quantitative estimate of drug-likeness (QED) is 0.0198. The fourth-order valence-electron chi connectivity index (χ4n) is 8.39. The Kier molecular flexibility index (Phi) is 103. The number of aliphatic hydroxyl groups is 6. The molecule has 0 saturated heterocycles. The van der Waals surface area contributed by atoms with Gasteiger partial charge in [0.15, 0.2) is 0 Å². The molecule has 6 N–H and O–H groups in total. The van der Waals surface area contributed by atoms with Crippen molar-refractivity contribution in [3.05, 3.63) is 140 Å². The number of carbonyl (C=O) groups is 3. The van der Waals surface area contributed by atoms with Gasteiger partial charge in [0.05, 0.1) is 13.2 Å². The molecule has 0 amide bonds. The van der Waals surface area contributed by atoms with E-state index in [-0.39, 0.29) is 26.4 Å². The number of hydrogen-bond acceptors (Lipinski definition) is 9. The summed E-state index contributed by atoms with van der Waals surface area (Å²) in [5.41, 5.74) is 15.7. The number of hydrogen-bond donors (Lipinski definition) is 6. The van der Waals surface area contributed by atoms with Crippen LogP contribution < -0.4 is 0 Å². The number of aldehydes is 3. The number of rotatable bonds is 42. The molecule has 9 heteroatoms. The second-order valence-corrected chi connectivity index (χ2v) is 29.8. The first-order valence-electron chi connectivity index (χ1n) is 38.2. The topological polar surface area (TPSA) is 173 Å². The summed E-state index contributed by atoms with van der Waals surface area (Å²) in [5.74, 6) is 4.14. The smallest absolute Gasteiger partial charge is 0.142 e. The number of aliphatic hydroxyl groups excluding tert-OH is 6. The third-order valence-corrected chi connectivity index (χ3v) is 15.1. The summed E-state index contributed by atoms with van der Waals surface area (Å²) < 4.78 is 0. The maximum Gasteiger partial charge on any atom is 0.142 e. The zero-order valence-electron chi connectivity index (χ0n) is 70.2. The maximum atomic E-state index is 10.1. The number of carbonyl (C=O) groups excluding carboxylic acids is 3. The SMILES string of the molecule is CC(C)=CC/C=C(/C)CCO.CC(C)=CC/C=C(\C)CCO.CC(C)=CCC/C(C)=C/C=O.CC(C)=CCC/C(C)=C/CO.CC(C)=CCC/C(C)=C\CO.CC(C)=CCCC(C)CC=O.CC(C)=CCCC(C)CCO.CC(C)CCCC(C)CC=O.CC(C)CCCC(C)CCO. The zero-order valence-corrected chi connectivity index (χ0v) is 70.2. The Morgan fingerprint density at radius 3 is 0.818 bits per heavy atom. The highest BCUT2D eigenvalue weighted by Gasteiger charge is 2.04. The van der Waals surface area contributed by atoms with Crippen molar-refractivity contribution in [2.45, 2.75) is 341 Å². The van der Waals surface area contributed by atoms with Crippen LogP contribution in [0.2, 0.25) is 0 Å². The van der Waals surface area contributed by atoms with Gasteiger partial charge in [0.25, 0.3) is 0 Å². The second kappa shape index (κ2) is 89.7. The summed E-state index contributed by atoms with van der Waals surface area (Å²) in [7, 11) is 0. The molecule has 0 radical (unpaired) electrons. The summed E-state index contributed by atoms with van der Waals surface area (Å²) >= 11 is 0. The van der Waals surface area contributed by atoms with Crippen LogP contribution in [-0.4, -0.2) is 89.1 Å². The van der Waals surface area contributed by atoms with Crippen LogP contribution in [0.25, 0.3) is 0 Å². The minimum atomic E-state index is 0.167. The van der Waals surface area contributed by atoms with Crippen molar-refractivity contribution in [3.63, 3.8) is 0 Å². The predicted octanol–water partition coefficient (Wildman–Crippen LogP) is 25.1. The molecule has 582 valence electrons. The third kappa shape index (κ3) is 134. The minimum absolute atomic E-state index is 0.167. The van der Waals surface area contributed by atoms with Crippen LogP contribution in [0.15, 0.2) is 140 Å². The van der Waals surface area contributed by atoms with Gasteiger partial charge in [-0.1, -0.05) is 228 Å². The average molecular weight is 1390 g/mol. The molecule has 0 aromatic heterocycles. The highest BCUT2D eigenvalue weighted by Crippen LogP contribution is 2.17. The first-order valence-corrected chi connectivity index (χ1v) is 38.2. The lowest BCUT2D eigenvalue weighted by Crippen LogP contribution is -1.98. The summed E-state index contributed by atoms with van der Waals surface area (Å²) in [6.45, 7) is 58.8. The third-order valence-electron chi connectivity index (χ3n) is 15.1. The van der Waals surface area contributed by atoms with Crippen molar-refractivity contribution >= 4 is 18.9 Å². The highest BCUT2D eigenvalue weighted by atomic mass is 16.3. The molecule has 0 spiro atoms. The second-order valence-electron chi connectivity index (χ2n) is 29.8. The van der Waals surface area contributed by atoms with Crippen molar-refractivity contribution in [1.29, 1.82) is 0 Å². The van der Waals surface area contributed by atoms with Gasteiger partial charge in [0.1, 0.15) is 18.9 Å². The molecule has 4 atom stereocenters. The van der Waals surface area contributed by atoms with Gasteiger partial charge < -0.3 is 40.2 Å². The molecule has 0 aromatic carbocycles. The van der Waals surface area contributed by atoms with Gasteiger partial charge in [-0.05, 0) is 276 Å². The standard InChI is InChI=1S/C10H22O.2C10H20O.5C10H18O.C10H16O/c9*1-9(2)5-4-6-10(3)7-8-11/h9-11H,4-8H2,1-3H3;8-10H,4-7H2,1-3H3;5,10-11H,4,6-8H2,1-3H3;5,8,10H,4,6-7H2,1-3H3;2*5,7,11H,4,6,8H2,1-3H3;2*5-6,11H,4,7-8H2,1-3H3;5,7-8H,4,6H2,1-3H3/b;;;;10-7+;10-7-;10-6+;10-6-;10-7+. The van der Waals surface area contributed by atoms with Crippen LogP contribution in [0, 0.1) is 35.5 Å². The van der Waals surface area contributed by atoms with Crippen LogP contribution >= 0.6 is 0 Å². The normalized spacial score (nSPS) is 12.1. The van der Waals surface area contributed by atoms with Gasteiger partial charge in [0, 0.05) is 39.3 Å². The largest absolute Gasteiger partial charge is 0.396 e. The molecule has 0 aliphatic heterocycles. The Hall–Kier alpha value is -4.35. The van der Waals surface area contributed by atoms with Crippen molar-refractivity contribution in [1.82, 2.24) is 0 Å². The Balaban J connectivity index is -0.000000131. The molecule has 0 rings (SSSR count). The maximum absolute atomic E-state index is 10.1. The van der Waals surface area contributed by atoms with E-state index in [1.807, 2.05) is 19.1 Å². The van der Waals surface area contributed by atoms with Crippen molar-refractivity contribution < 1.29 is 45.0 Å². The molecule has 9 nitrogen and oxygen atoms in total. The van der Waals surface area contributed by atoms with E-state index in [0.29, 0.717) is 43.3 Å². The van der Waals surface area contributed by atoms with Crippen molar-refractivity contribution in [2.75, 3.05) is 39.6 Å². The number of allylic oxidation sites excluding steroid dienone is 20. The van der Waals surface area contributed by atoms with Gasteiger partial charge in [0.2, 0.25) is 0 Å². The van der Waals surface area contributed by atoms with E-state index in [4.69, 9.17) is 30.6 Å². The molecule has 0 aliphatic rings. The average Bonchev–Trinajstić information content (AvgIpc) is 3.70. The van der Waals surface area contributed by atoms with E-state index >= 15 is 0 Å². The van der Waals surface area contributed by atoms with E-state index in [1.165, 1.54) is 106 Å². The van der Waals surface area contributed by atoms with E-state index < -0.39 is 0 Å². The van der Waals surface area contributed by atoms with E-state index in [0.717, 1.165) is 139 Å². The molecule has 4 unspecified atom stereocenters. The van der Waals surface area contributed by atoms with Crippen LogP contribution in [0.5, 0.6) is 0 Å². The zero-order chi connectivity index (χ0) is 78.2. The molecular formula is C90H168O9. The van der Waals surface area contributed by atoms with Gasteiger partial charge in [-0.2, -0.15) is 0 Å². The Morgan fingerprint density at radius 1 is 0.273 bits per heavy atom. The lowest BCUT2D eigenvalue weighted by atomic mass is 9.98. The van der Waals surface area contributed by atoms with Crippen molar-refractivity contribution in [2.24, 2.45) is 35.5 Å². The predicted molar refractivity (Wildman–Crippen MR) is 443 cm³/mol. The molecule has 0 aliphatic carbocycles. The summed E-state index contributed by atoms with van der Waals surface area (Å²) in [4.78, 5) is 30.2. The summed E-state index contributed by atoms with van der Waals surface area (Å²) in [6, 6.07) is 0. The Bertz CT molecular complexity index is 2080. The van der Waals surface area contributed by atoms with Crippen LogP contribution in [0.1, 0.15) is 341 Å². The molecule has 99 heavy (non-hydrogen) atoms. The fourth-order valence-corrected chi connectivity index (χ4v) is 8.39.